The van der Waals surface area contributed by atoms with Gasteiger partial charge in [0.25, 0.3) is 0 Å². The highest BCUT2D eigenvalue weighted by Gasteiger charge is 2.29. The van der Waals surface area contributed by atoms with Gasteiger partial charge in [-0.3, -0.25) is 0 Å². The Kier molecular flexibility index (Phi) is 4.40. The summed E-state index contributed by atoms with van der Waals surface area (Å²) in [4.78, 5) is 0. The Bertz CT molecular complexity index is 133. The third kappa shape index (κ3) is 6.79. The smallest absolute Gasteiger partial charge is 0.396 e. The molecule has 0 aromatic rings. The minimum atomic E-state index is -4.15. The molecule has 1 nitrogen and oxygen atoms in total. The summed E-state index contributed by atoms with van der Waals surface area (Å²) in [5.74, 6) is 0.0110. The highest BCUT2D eigenvalue weighted by atomic mass is 32.2. The Morgan fingerprint density at radius 1 is 1.25 bits per heavy atom. The zero-order valence-electron chi connectivity index (χ0n) is 7.11. The van der Waals surface area contributed by atoms with Gasteiger partial charge in [0.05, 0.1) is 0 Å². The molecule has 0 amide bonds. The Morgan fingerprint density at radius 3 is 2.08 bits per heavy atom. The maximum atomic E-state index is 11.6. The number of aliphatic hydroxyl groups is 1. The lowest BCUT2D eigenvalue weighted by Crippen LogP contribution is -2.18. The first kappa shape index (κ1) is 12.1. The van der Waals surface area contributed by atoms with E-state index < -0.39 is 10.9 Å². The molecule has 0 rings (SSSR count). The van der Waals surface area contributed by atoms with Crippen molar-refractivity contribution >= 4 is 11.8 Å². The second kappa shape index (κ2) is 4.37. The number of halogens is 3. The molecule has 5 heteroatoms. The largest absolute Gasteiger partial charge is 0.441 e. The predicted molar refractivity (Wildman–Crippen MR) is 44.0 cm³/mol. The fraction of sp³-hybridized carbons (Fsp3) is 1.00. The van der Waals surface area contributed by atoms with E-state index in [1.807, 2.05) is 0 Å². The fourth-order valence-electron chi connectivity index (χ4n) is 0.522. The SMILES string of the molecule is CC(C)(CO)CCSC(F)(F)F. The summed E-state index contributed by atoms with van der Waals surface area (Å²) in [5, 5.41) is 8.73. The van der Waals surface area contributed by atoms with Crippen LogP contribution in [0.3, 0.4) is 0 Å². The van der Waals surface area contributed by atoms with Crippen molar-refractivity contribution in [3.63, 3.8) is 0 Å². The van der Waals surface area contributed by atoms with Crippen LogP contribution in [0.15, 0.2) is 0 Å². The molecule has 0 aliphatic heterocycles. The third-order valence-corrected chi connectivity index (χ3v) is 2.21. The molecule has 0 aromatic carbocycles. The Morgan fingerprint density at radius 2 is 1.75 bits per heavy atom. The molecule has 1 N–H and O–H groups in total. The van der Waals surface area contributed by atoms with Crippen molar-refractivity contribution in [2.45, 2.75) is 25.8 Å². The van der Waals surface area contributed by atoms with E-state index in [0.29, 0.717) is 6.42 Å². The van der Waals surface area contributed by atoms with E-state index in [-0.39, 0.29) is 24.1 Å². The zero-order valence-corrected chi connectivity index (χ0v) is 7.93. The minimum Gasteiger partial charge on any atom is -0.396 e. The maximum Gasteiger partial charge on any atom is 0.441 e. The lowest BCUT2D eigenvalue weighted by atomic mass is 9.92. The van der Waals surface area contributed by atoms with E-state index in [2.05, 4.69) is 0 Å². The lowest BCUT2D eigenvalue weighted by molar-refractivity contribution is -0.0329. The number of hydrogen-bond donors (Lipinski definition) is 1. The van der Waals surface area contributed by atoms with E-state index >= 15 is 0 Å². The summed E-state index contributed by atoms with van der Waals surface area (Å²) < 4.78 is 34.9. The molecular formula is C7H13F3OS. The van der Waals surface area contributed by atoms with Gasteiger partial charge in [-0.1, -0.05) is 25.6 Å². The second-order valence-corrected chi connectivity index (χ2v) is 4.53. The topological polar surface area (TPSA) is 20.2 Å². The van der Waals surface area contributed by atoms with Crippen LogP contribution in [-0.4, -0.2) is 23.0 Å². The van der Waals surface area contributed by atoms with Gasteiger partial charge in [0.1, 0.15) is 0 Å². The average Bonchev–Trinajstić information content (AvgIpc) is 1.84. The molecule has 0 fully saturated rings. The van der Waals surface area contributed by atoms with Gasteiger partial charge in [-0.25, -0.2) is 0 Å². The van der Waals surface area contributed by atoms with Crippen molar-refractivity contribution < 1.29 is 18.3 Å². The van der Waals surface area contributed by atoms with Crippen LogP contribution < -0.4 is 0 Å². The van der Waals surface area contributed by atoms with Gasteiger partial charge in [0.15, 0.2) is 0 Å². The molecule has 0 atom stereocenters. The van der Waals surface area contributed by atoms with Crippen molar-refractivity contribution in [3.8, 4) is 0 Å². The normalized spacial score (nSPS) is 13.5. The summed E-state index contributed by atoms with van der Waals surface area (Å²) >= 11 is -0.0353. The first-order valence-corrected chi connectivity index (χ1v) is 4.57. The molecule has 12 heavy (non-hydrogen) atoms. The zero-order chi connectivity index (χ0) is 9.83. The summed E-state index contributed by atoms with van der Waals surface area (Å²) in [5.41, 5.74) is -4.55. The molecule has 0 aromatic heterocycles. The quantitative estimate of drug-likeness (QED) is 0.756. The van der Waals surface area contributed by atoms with Gasteiger partial charge in [-0.2, -0.15) is 13.2 Å². The average molecular weight is 202 g/mol. The third-order valence-electron chi connectivity index (χ3n) is 1.47. The molecule has 0 radical (unpaired) electrons. The van der Waals surface area contributed by atoms with Gasteiger partial charge in [-0.15, -0.1) is 0 Å². The summed E-state index contributed by atoms with van der Waals surface area (Å²) in [6.45, 7) is 3.40. The van der Waals surface area contributed by atoms with Crippen molar-refractivity contribution in [2.75, 3.05) is 12.4 Å². The second-order valence-electron chi connectivity index (χ2n) is 3.37. The van der Waals surface area contributed by atoms with Gasteiger partial charge in [0.2, 0.25) is 0 Å². The molecule has 0 saturated carbocycles. The van der Waals surface area contributed by atoms with Gasteiger partial charge in [-0.05, 0) is 11.8 Å². The number of aliphatic hydroxyl groups excluding tert-OH is 1. The molecule has 0 heterocycles. The molecule has 0 unspecified atom stereocenters. The molecule has 0 aliphatic carbocycles. The Balaban J connectivity index is 3.57. The molecular weight excluding hydrogens is 189 g/mol. The van der Waals surface area contributed by atoms with Crippen molar-refractivity contribution in [1.82, 2.24) is 0 Å². The van der Waals surface area contributed by atoms with Gasteiger partial charge >= 0.3 is 5.51 Å². The van der Waals surface area contributed by atoms with Crippen LogP contribution in [0.4, 0.5) is 13.2 Å². The molecule has 0 saturated heterocycles. The molecule has 0 aliphatic rings. The number of thioether (sulfide) groups is 1. The van der Waals surface area contributed by atoms with Crippen LogP contribution in [0, 0.1) is 5.41 Å². The number of hydrogen-bond acceptors (Lipinski definition) is 2. The fourth-order valence-corrected chi connectivity index (χ4v) is 1.41. The van der Waals surface area contributed by atoms with Crippen molar-refractivity contribution in [2.24, 2.45) is 5.41 Å². The van der Waals surface area contributed by atoms with Crippen molar-refractivity contribution in [3.05, 3.63) is 0 Å². The molecule has 0 spiro atoms. The van der Waals surface area contributed by atoms with Gasteiger partial charge < -0.3 is 5.11 Å². The summed E-state index contributed by atoms with van der Waals surface area (Å²) in [6.07, 6.45) is 0.369. The maximum absolute atomic E-state index is 11.6. The minimum absolute atomic E-state index is 0.0110. The predicted octanol–water partition coefficient (Wildman–Crippen LogP) is 2.65. The van der Waals surface area contributed by atoms with E-state index in [0.717, 1.165) is 0 Å². The Labute approximate surface area is 74.3 Å². The van der Waals surface area contributed by atoms with Gasteiger partial charge in [0, 0.05) is 12.4 Å². The van der Waals surface area contributed by atoms with Crippen molar-refractivity contribution in [1.29, 1.82) is 0 Å². The summed E-state index contributed by atoms with van der Waals surface area (Å²) in [6, 6.07) is 0. The van der Waals surface area contributed by atoms with Crippen LogP contribution >= 0.6 is 11.8 Å². The number of alkyl halides is 3. The summed E-state index contributed by atoms with van der Waals surface area (Å²) in [7, 11) is 0. The van der Waals surface area contributed by atoms with Crippen LogP contribution in [-0.2, 0) is 0 Å². The van der Waals surface area contributed by atoms with Crippen LogP contribution in [0.2, 0.25) is 0 Å². The highest BCUT2D eigenvalue weighted by Crippen LogP contribution is 2.33. The lowest BCUT2D eigenvalue weighted by Gasteiger charge is -2.20. The van der Waals surface area contributed by atoms with E-state index in [1.165, 1.54) is 0 Å². The van der Waals surface area contributed by atoms with E-state index in [4.69, 9.17) is 5.11 Å². The first-order chi connectivity index (χ1) is 5.27. The Hall–Kier alpha value is 0.100. The number of rotatable bonds is 4. The highest BCUT2D eigenvalue weighted by molar-refractivity contribution is 8.00. The van der Waals surface area contributed by atoms with Crippen LogP contribution in [0.25, 0.3) is 0 Å². The first-order valence-electron chi connectivity index (χ1n) is 3.58. The van der Waals surface area contributed by atoms with E-state index in [1.54, 1.807) is 13.8 Å². The molecule has 0 bridgehead atoms. The van der Waals surface area contributed by atoms with E-state index in [9.17, 15) is 13.2 Å². The van der Waals surface area contributed by atoms with Crippen LogP contribution in [0.1, 0.15) is 20.3 Å². The standard InChI is InChI=1S/C7H13F3OS/c1-6(2,5-11)3-4-12-7(8,9)10/h11H,3-5H2,1-2H3. The molecule has 74 valence electrons. The monoisotopic (exact) mass is 202 g/mol. The van der Waals surface area contributed by atoms with Crippen LogP contribution in [0.5, 0.6) is 0 Å².